The molecule has 1 aliphatic rings. The largest absolute Gasteiger partial charge is 0.466 e. The number of ether oxygens (including phenoxy) is 1. The second-order valence-electron chi connectivity index (χ2n) is 6.79. The molecule has 0 aromatic heterocycles. The summed E-state index contributed by atoms with van der Waals surface area (Å²) in [6, 6.07) is 7.88. The summed E-state index contributed by atoms with van der Waals surface area (Å²) < 4.78 is 18.4. The number of carbonyl (C=O) groups is 1. The SMILES string of the molecule is CCOC(=O)CC(B1OC(C)(C)C(C)(C)O1)c1ccc(Br)cc1. The molecule has 1 fully saturated rings. The van der Waals surface area contributed by atoms with Crippen LogP contribution in [0.25, 0.3) is 0 Å². The van der Waals surface area contributed by atoms with Gasteiger partial charge in [-0.15, -0.1) is 0 Å². The average Bonchev–Trinajstić information content (AvgIpc) is 2.66. The minimum absolute atomic E-state index is 0.205. The Labute approximate surface area is 147 Å². The van der Waals surface area contributed by atoms with Crippen molar-refractivity contribution in [3.05, 3.63) is 34.3 Å². The summed E-state index contributed by atoms with van der Waals surface area (Å²) >= 11 is 3.44. The van der Waals surface area contributed by atoms with Crippen molar-refractivity contribution < 1.29 is 18.8 Å². The first-order valence-corrected chi connectivity index (χ1v) is 8.72. The number of hydrogen-bond donors (Lipinski definition) is 0. The van der Waals surface area contributed by atoms with E-state index in [9.17, 15) is 4.79 Å². The second-order valence-corrected chi connectivity index (χ2v) is 7.71. The van der Waals surface area contributed by atoms with Crippen molar-refractivity contribution in [1.29, 1.82) is 0 Å². The van der Waals surface area contributed by atoms with Crippen molar-refractivity contribution in [2.75, 3.05) is 6.61 Å². The molecule has 0 saturated carbocycles. The van der Waals surface area contributed by atoms with Gasteiger partial charge in [0.2, 0.25) is 0 Å². The molecule has 0 bridgehead atoms. The van der Waals surface area contributed by atoms with Gasteiger partial charge < -0.3 is 14.0 Å². The highest BCUT2D eigenvalue weighted by Gasteiger charge is 2.54. The zero-order valence-corrected chi connectivity index (χ0v) is 16.0. The number of benzene rings is 1. The minimum Gasteiger partial charge on any atom is -0.466 e. The lowest BCUT2D eigenvalue weighted by Crippen LogP contribution is -2.41. The van der Waals surface area contributed by atoms with E-state index >= 15 is 0 Å². The fourth-order valence-corrected chi connectivity index (χ4v) is 2.80. The Kier molecular flexibility index (Phi) is 5.59. The molecular formula is C17H24BBrO4. The molecular weight excluding hydrogens is 359 g/mol. The summed E-state index contributed by atoms with van der Waals surface area (Å²) in [6.45, 7) is 10.2. The van der Waals surface area contributed by atoms with Crippen LogP contribution < -0.4 is 0 Å². The number of halogens is 1. The molecule has 2 rings (SSSR count). The van der Waals surface area contributed by atoms with Gasteiger partial charge >= 0.3 is 13.1 Å². The van der Waals surface area contributed by atoms with Gasteiger partial charge in [-0.2, -0.15) is 0 Å². The topological polar surface area (TPSA) is 44.8 Å². The van der Waals surface area contributed by atoms with Gasteiger partial charge in [-0.1, -0.05) is 28.1 Å². The first-order valence-electron chi connectivity index (χ1n) is 7.93. The molecule has 1 unspecified atom stereocenters. The quantitative estimate of drug-likeness (QED) is 0.567. The van der Waals surface area contributed by atoms with Gasteiger partial charge in [-0.05, 0) is 52.3 Å². The van der Waals surface area contributed by atoms with Crippen LogP contribution in [-0.4, -0.2) is 30.9 Å². The van der Waals surface area contributed by atoms with E-state index < -0.39 is 18.3 Å². The number of hydrogen-bond acceptors (Lipinski definition) is 4. The van der Waals surface area contributed by atoms with E-state index in [2.05, 4.69) is 15.9 Å². The molecule has 0 radical (unpaired) electrons. The zero-order chi connectivity index (χ0) is 17.3. The third-order valence-electron chi connectivity index (χ3n) is 4.59. The molecule has 0 aliphatic carbocycles. The Bertz CT molecular complexity index is 540. The predicted octanol–water partition coefficient (Wildman–Crippen LogP) is 4.12. The summed E-state index contributed by atoms with van der Waals surface area (Å²) in [6.07, 6.45) is 0.228. The first kappa shape index (κ1) is 18.5. The van der Waals surface area contributed by atoms with Gasteiger partial charge in [-0.3, -0.25) is 4.79 Å². The Morgan fingerprint density at radius 2 is 1.70 bits per heavy atom. The van der Waals surface area contributed by atoms with Crippen molar-refractivity contribution in [2.45, 2.75) is 58.1 Å². The lowest BCUT2D eigenvalue weighted by molar-refractivity contribution is -0.143. The Hall–Kier alpha value is -0.845. The Balaban J connectivity index is 2.27. The van der Waals surface area contributed by atoms with E-state index in [-0.39, 0.29) is 18.2 Å². The van der Waals surface area contributed by atoms with Crippen LogP contribution in [-0.2, 0) is 18.8 Å². The molecule has 0 spiro atoms. The fraction of sp³-hybridized carbons (Fsp3) is 0.588. The fourth-order valence-electron chi connectivity index (χ4n) is 2.53. The number of esters is 1. The molecule has 1 saturated heterocycles. The van der Waals surface area contributed by atoms with E-state index in [4.69, 9.17) is 14.0 Å². The summed E-state index contributed by atoms with van der Waals surface area (Å²) in [5, 5.41) is 0. The Morgan fingerprint density at radius 3 is 2.17 bits per heavy atom. The molecule has 4 nitrogen and oxygen atoms in total. The van der Waals surface area contributed by atoms with Crippen molar-refractivity contribution in [1.82, 2.24) is 0 Å². The molecule has 0 N–H and O–H groups in total. The highest BCUT2D eigenvalue weighted by Crippen LogP contribution is 2.41. The maximum absolute atomic E-state index is 12.0. The lowest BCUT2D eigenvalue weighted by Gasteiger charge is -2.32. The summed E-state index contributed by atoms with van der Waals surface area (Å²) in [4.78, 5) is 12.0. The third kappa shape index (κ3) is 4.17. The maximum atomic E-state index is 12.0. The second kappa shape index (κ2) is 6.95. The maximum Gasteiger partial charge on any atom is 0.466 e. The van der Waals surface area contributed by atoms with E-state index in [0.717, 1.165) is 10.0 Å². The van der Waals surface area contributed by atoms with Crippen molar-refractivity contribution in [3.8, 4) is 0 Å². The van der Waals surface area contributed by atoms with Crippen LogP contribution in [0.15, 0.2) is 28.7 Å². The van der Waals surface area contributed by atoms with E-state index in [1.165, 1.54) is 0 Å². The number of rotatable bonds is 5. The van der Waals surface area contributed by atoms with Crippen molar-refractivity contribution in [2.24, 2.45) is 0 Å². The standard InChI is InChI=1S/C17H24BBrO4/c1-6-21-15(20)11-14(12-7-9-13(19)10-8-12)18-22-16(2,3)17(4,5)23-18/h7-10,14H,6,11H2,1-5H3. The van der Waals surface area contributed by atoms with Gasteiger partial charge in [0.1, 0.15) is 0 Å². The van der Waals surface area contributed by atoms with Crippen LogP contribution >= 0.6 is 15.9 Å². The smallest absolute Gasteiger partial charge is 0.466 e. The molecule has 1 aromatic rings. The van der Waals surface area contributed by atoms with Crippen molar-refractivity contribution in [3.63, 3.8) is 0 Å². The molecule has 0 amide bonds. The molecule has 1 atom stereocenters. The molecule has 126 valence electrons. The van der Waals surface area contributed by atoms with Gasteiger partial charge in [0.05, 0.1) is 24.2 Å². The van der Waals surface area contributed by atoms with Crippen LogP contribution in [0.3, 0.4) is 0 Å². The molecule has 1 aromatic carbocycles. The van der Waals surface area contributed by atoms with Gasteiger partial charge in [0.15, 0.2) is 0 Å². The summed E-state index contributed by atoms with van der Waals surface area (Å²) in [7, 11) is -0.481. The van der Waals surface area contributed by atoms with Crippen LogP contribution in [0.1, 0.15) is 52.4 Å². The highest BCUT2D eigenvalue weighted by atomic mass is 79.9. The normalized spacial score (nSPS) is 20.3. The zero-order valence-electron chi connectivity index (χ0n) is 14.4. The minimum atomic E-state index is -0.481. The van der Waals surface area contributed by atoms with Crippen molar-refractivity contribution >= 4 is 29.0 Å². The lowest BCUT2D eigenvalue weighted by atomic mass is 9.66. The van der Waals surface area contributed by atoms with Crippen LogP contribution in [0.4, 0.5) is 0 Å². The first-order chi connectivity index (χ1) is 10.7. The third-order valence-corrected chi connectivity index (χ3v) is 5.12. The molecule has 6 heteroatoms. The van der Waals surface area contributed by atoms with Gasteiger partial charge in [0.25, 0.3) is 0 Å². The Morgan fingerprint density at radius 1 is 1.17 bits per heavy atom. The monoisotopic (exact) mass is 382 g/mol. The summed E-state index contributed by atoms with van der Waals surface area (Å²) in [5.41, 5.74) is 0.139. The van der Waals surface area contributed by atoms with Crippen LogP contribution in [0, 0.1) is 0 Å². The van der Waals surface area contributed by atoms with Gasteiger partial charge in [0, 0.05) is 10.3 Å². The number of carbonyl (C=O) groups excluding carboxylic acids is 1. The average molecular weight is 383 g/mol. The summed E-state index contributed by atoms with van der Waals surface area (Å²) in [5.74, 6) is -0.446. The van der Waals surface area contributed by atoms with Crippen LogP contribution in [0.5, 0.6) is 0 Å². The molecule has 1 aliphatic heterocycles. The van der Waals surface area contributed by atoms with E-state index in [0.29, 0.717) is 6.61 Å². The highest BCUT2D eigenvalue weighted by molar-refractivity contribution is 9.10. The predicted molar refractivity (Wildman–Crippen MR) is 94.2 cm³/mol. The molecule has 1 heterocycles. The van der Waals surface area contributed by atoms with Gasteiger partial charge in [-0.25, -0.2) is 0 Å². The van der Waals surface area contributed by atoms with Crippen LogP contribution in [0.2, 0.25) is 0 Å². The molecule has 23 heavy (non-hydrogen) atoms. The van der Waals surface area contributed by atoms with E-state index in [1.807, 2.05) is 52.0 Å². The van der Waals surface area contributed by atoms with E-state index in [1.54, 1.807) is 6.92 Å².